The van der Waals surface area contributed by atoms with Gasteiger partial charge in [-0.2, -0.15) is 13.2 Å². The molecule has 1 nitrogen and oxygen atoms in total. The molecule has 0 radical (unpaired) electrons. The van der Waals surface area contributed by atoms with Gasteiger partial charge in [0.15, 0.2) is 0 Å². The summed E-state index contributed by atoms with van der Waals surface area (Å²) in [5.41, 5.74) is 4.07. The molecule has 17 heavy (non-hydrogen) atoms. The van der Waals surface area contributed by atoms with E-state index >= 15 is 0 Å². The van der Waals surface area contributed by atoms with Crippen LogP contribution >= 0.6 is 0 Å². The number of alkyl halides is 3. The van der Waals surface area contributed by atoms with Crippen LogP contribution in [0.2, 0.25) is 0 Å². The van der Waals surface area contributed by atoms with Gasteiger partial charge in [-0.15, -0.1) is 0 Å². The molecule has 0 amide bonds. The van der Waals surface area contributed by atoms with E-state index in [1.54, 1.807) is 0 Å². The van der Waals surface area contributed by atoms with E-state index in [1.165, 1.54) is 0 Å². The van der Waals surface area contributed by atoms with Gasteiger partial charge in [-0.1, -0.05) is 19.4 Å². The molecular weight excluding hydrogens is 234 g/mol. The highest BCUT2D eigenvalue weighted by Crippen LogP contribution is 2.54. The molecule has 94 valence electrons. The smallest absolute Gasteiger partial charge is 0.321 e. The van der Waals surface area contributed by atoms with Crippen LogP contribution < -0.4 is 5.73 Å². The van der Waals surface area contributed by atoms with Gasteiger partial charge in [0.05, 0.1) is 5.56 Å². The first-order chi connectivity index (χ1) is 7.79. The number of hydrogen-bond donors (Lipinski definition) is 1. The van der Waals surface area contributed by atoms with Gasteiger partial charge in [-0.25, -0.2) is 4.39 Å². The zero-order valence-corrected chi connectivity index (χ0v) is 9.31. The molecule has 0 bridgehead atoms. The van der Waals surface area contributed by atoms with Crippen molar-refractivity contribution in [3.63, 3.8) is 0 Å². The number of rotatable bonds is 2. The van der Waals surface area contributed by atoms with E-state index in [2.05, 4.69) is 0 Å². The molecule has 1 aromatic carbocycles. The molecule has 0 saturated heterocycles. The maximum Gasteiger partial charge on any atom is 0.416 e. The molecule has 0 aliphatic heterocycles. The molecule has 0 heterocycles. The minimum absolute atomic E-state index is 0.0123. The first kappa shape index (κ1) is 12.4. The van der Waals surface area contributed by atoms with Crippen LogP contribution in [0.4, 0.5) is 17.6 Å². The molecule has 1 saturated carbocycles. The second-order valence-electron chi connectivity index (χ2n) is 4.54. The molecule has 5 heteroatoms. The Balaban J connectivity index is 2.49. The summed E-state index contributed by atoms with van der Waals surface area (Å²) in [7, 11) is 0. The average molecular weight is 247 g/mol. The minimum Gasteiger partial charge on any atom is -0.321 e. The van der Waals surface area contributed by atoms with Gasteiger partial charge in [0.2, 0.25) is 0 Å². The lowest BCUT2D eigenvalue weighted by Gasteiger charge is -2.18. The molecule has 1 aliphatic carbocycles. The van der Waals surface area contributed by atoms with Gasteiger partial charge in [-0.05, 0) is 30.0 Å². The van der Waals surface area contributed by atoms with Crippen LogP contribution in [-0.4, -0.2) is 0 Å². The zero-order valence-electron chi connectivity index (χ0n) is 9.31. The summed E-state index contributed by atoms with van der Waals surface area (Å²) in [6, 6.07) is 2.72. The zero-order chi connectivity index (χ0) is 12.8. The van der Waals surface area contributed by atoms with Crippen LogP contribution in [0.25, 0.3) is 0 Å². The van der Waals surface area contributed by atoms with E-state index in [9.17, 15) is 17.6 Å². The monoisotopic (exact) mass is 247 g/mol. The van der Waals surface area contributed by atoms with Crippen LogP contribution in [0.15, 0.2) is 18.2 Å². The first-order valence-electron chi connectivity index (χ1n) is 5.45. The van der Waals surface area contributed by atoms with Crippen LogP contribution in [0.5, 0.6) is 0 Å². The fourth-order valence-corrected chi connectivity index (χ4v) is 2.34. The van der Waals surface area contributed by atoms with E-state index < -0.39 is 23.1 Å². The Morgan fingerprint density at radius 2 is 2.06 bits per heavy atom. The lowest BCUT2D eigenvalue weighted by molar-refractivity contribution is -0.138. The lowest BCUT2D eigenvalue weighted by Crippen LogP contribution is -2.26. The summed E-state index contributed by atoms with van der Waals surface area (Å²) in [4.78, 5) is 0. The second-order valence-corrected chi connectivity index (χ2v) is 4.54. The number of hydrogen-bond acceptors (Lipinski definition) is 1. The third kappa shape index (κ3) is 2.04. The molecular formula is C12H13F4N. The predicted molar refractivity (Wildman–Crippen MR) is 55.7 cm³/mol. The van der Waals surface area contributed by atoms with Crippen LogP contribution in [0, 0.1) is 11.7 Å². The van der Waals surface area contributed by atoms with Gasteiger partial charge < -0.3 is 5.73 Å². The van der Waals surface area contributed by atoms with Crippen molar-refractivity contribution in [1.82, 2.24) is 0 Å². The molecule has 1 fully saturated rings. The highest BCUT2D eigenvalue weighted by molar-refractivity contribution is 5.40. The fourth-order valence-electron chi connectivity index (χ4n) is 2.34. The molecule has 2 atom stereocenters. The predicted octanol–water partition coefficient (Wildman–Crippen LogP) is 3.43. The average Bonchev–Trinajstić information content (AvgIpc) is 2.89. The van der Waals surface area contributed by atoms with Crippen molar-refractivity contribution in [1.29, 1.82) is 0 Å². The first-order valence-corrected chi connectivity index (χ1v) is 5.45. The van der Waals surface area contributed by atoms with E-state index in [-0.39, 0.29) is 11.5 Å². The van der Waals surface area contributed by atoms with E-state index in [4.69, 9.17) is 5.73 Å². The Labute approximate surface area is 96.6 Å². The summed E-state index contributed by atoms with van der Waals surface area (Å²) in [6.07, 6.45) is -3.31. The summed E-state index contributed by atoms with van der Waals surface area (Å²) in [5, 5.41) is 0. The number of nitrogens with two attached hydrogens (primary N) is 1. The molecule has 2 N–H and O–H groups in total. The third-order valence-corrected chi connectivity index (χ3v) is 3.43. The third-order valence-electron chi connectivity index (χ3n) is 3.43. The van der Waals surface area contributed by atoms with E-state index in [0.717, 1.165) is 18.6 Å². The fraction of sp³-hybridized carbons (Fsp3) is 0.500. The Morgan fingerprint density at radius 1 is 1.41 bits per heavy atom. The van der Waals surface area contributed by atoms with Crippen molar-refractivity contribution >= 4 is 0 Å². The highest BCUT2D eigenvalue weighted by Gasteiger charge is 2.54. The molecule has 0 spiro atoms. The van der Waals surface area contributed by atoms with Crippen molar-refractivity contribution in [3.8, 4) is 0 Å². The largest absolute Gasteiger partial charge is 0.416 e. The van der Waals surface area contributed by atoms with Crippen LogP contribution in [0.1, 0.15) is 30.9 Å². The van der Waals surface area contributed by atoms with Crippen LogP contribution in [0.3, 0.4) is 0 Å². The molecule has 1 aromatic rings. The summed E-state index contributed by atoms with van der Waals surface area (Å²) < 4.78 is 51.3. The quantitative estimate of drug-likeness (QED) is 0.796. The van der Waals surface area contributed by atoms with Crippen molar-refractivity contribution < 1.29 is 17.6 Å². The van der Waals surface area contributed by atoms with Crippen molar-refractivity contribution in [2.24, 2.45) is 11.7 Å². The number of halogens is 4. The van der Waals surface area contributed by atoms with Gasteiger partial charge in [-0.3, -0.25) is 0 Å². The minimum atomic E-state index is -4.56. The van der Waals surface area contributed by atoms with Gasteiger partial charge in [0, 0.05) is 5.54 Å². The SMILES string of the molecule is CCC1CC1(N)c1ccc(F)cc1C(F)(F)F. The van der Waals surface area contributed by atoms with Crippen molar-refractivity contribution in [3.05, 3.63) is 35.1 Å². The Morgan fingerprint density at radius 3 is 2.53 bits per heavy atom. The Bertz CT molecular complexity index is 441. The molecule has 2 rings (SSSR count). The van der Waals surface area contributed by atoms with E-state index in [1.807, 2.05) is 6.92 Å². The summed E-state index contributed by atoms with van der Waals surface area (Å²) in [6.45, 7) is 1.88. The molecule has 1 aliphatic rings. The normalized spacial score (nSPS) is 28.2. The van der Waals surface area contributed by atoms with Crippen LogP contribution in [-0.2, 0) is 11.7 Å². The van der Waals surface area contributed by atoms with Crippen molar-refractivity contribution in [2.75, 3.05) is 0 Å². The van der Waals surface area contributed by atoms with Gasteiger partial charge >= 0.3 is 6.18 Å². The summed E-state index contributed by atoms with van der Waals surface area (Å²) >= 11 is 0. The number of benzene rings is 1. The molecule has 0 aromatic heterocycles. The van der Waals surface area contributed by atoms with Gasteiger partial charge in [0.25, 0.3) is 0 Å². The summed E-state index contributed by atoms with van der Waals surface area (Å²) in [5.74, 6) is -0.840. The second kappa shape index (κ2) is 3.70. The lowest BCUT2D eigenvalue weighted by atomic mass is 9.96. The van der Waals surface area contributed by atoms with E-state index in [0.29, 0.717) is 12.5 Å². The van der Waals surface area contributed by atoms with Gasteiger partial charge in [0.1, 0.15) is 5.82 Å². The van der Waals surface area contributed by atoms with Crippen molar-refractivity contribution in [2.45, 2.75) is 31.5 Å². The maximum absolute atomic E-state index is 12.9. The topological polar surface area (TPSA) is 26.0 Å². The standard InChI is InChI=1S/C12H13F4N/c1-2-7-6-11(7,17)9-4-3-8(13)5-10(9)12(14,15)16/h3-5,7H,2,6,17H2,1H3. The maximum atomic E-state index is 12.9. The Hall–Kier alpha value is -1.10. The molecule has 2 unspecified atom stereocenters. The Kier molecular flexibility index (Phi) is 2.69. The highest BCUT2D eigenvalue weighted by atomic mass is 19.4.